The van der Waals surface area contributed by atoms with Gasteiger partial charge in [0.15, 0.2) is 6.29 Å². The minimum Gasteiger partial charge on any atom is -0.298 e. The fourth-order valence-corrected chi connectivity index (χ4v) is 3.66. The van der Waals surface area contributed by atoms with E-state index in [0.717, 1.165) is 27.9 Å². The van der Waals surface area contributed by atoms with Crippen molar-refractivity contribution in [2.24, 2.45) is 0 Å². The molecule has 1 aliphatic carbocycles. The Hall–Kier alpha value is -2.19. The number of aldehydes is 1. The summed E-state index contributed by atoms with van der Waals surface area (Å²) in [5, 5.41) is 4.45. The Morgan fingerprint density at radius 1 is 0.895 bits per heavy atom. The molecule has 0 amide bonds. The van der Waals surface area contributed by atoms with E-state index in [-0.39, 0.29) is 0 Å². The van der Waals surface area contributed by atoms with Crippen molar-refractivity contribution in [2.45, 2.75) is 0 Å². The molecule has 1 heterocycles. The second kappa shape index (κ2) is 3.90. The first-order chi connectivity index (χ1) is 9.40. The van der Waals surface area contributed by atoms with Crippen molar-refractivity contribution in [3.63, 3.8) is 0 Å². The summed E-state index contributed by atoms with van der Waals surface area (Å²) in [6.07, 6.45) is 0.990. The molecule has 0 aliphatic heterocycles. The lowest BCUT2D eigenvalue weighted by molar-refractivity contribution is -0.103. The first kappa shape index (κ1) is 10.7. The summed E-state index contributed by atoms with van der Waals surface area (Å²) >= 11 is 1.68. The van der Waals surface area contributed by atoms with Crippen molar-refractivity contribution in [3.05, 3.63) is 69.9 Å². The van der Waals surface area contributed by atoms with E-state index < -0.39 is 0 Å². The van der Waals surface area contributed by atoms with Crippen LogP contribution >= 0.6 is 11.3 Å². The highest BCUT2D eigenvalue weighted by molar-refractivity contribution is 7.11. The number of carbonyl (C=O) groups is 1. The third kappa shape index (κ3) is 1.38. The van der Waals surface area contributed by atoms with Gasteiger partial charge in [0.05, 0.1) is 0 Å². The molecule has 4 rings (SSSR count). The van der Waals surface area contributed by atoms with Gasteiger partial charge in [0.2, 0.25) is 0 Å². The van der Waals surface area contributed by atoms with E-state index in [4.69, 9.17) is 0 Å². The summed E-state index contributed by atoms with van der Waals surface area (Å²) < 4.78 is 0. The highest BCUT2D eigenvalue weighted by atomic mass is 32.1. The Morgan fingerprint density at radius 3 is 2.37 bits per heavy atom. The van der Waals surface area contributed by atoms with Crippen LogP contribution in [0.5, 0.6) is 0 Å². The van der Waals surface area contributed by atoms with Gasteiger partial charge in [-0.2, -0.15) is 0 Å². The van der Waals surface area contributed by atoms with Crippen LogP contribution in [-0.4, -0.2) is 6.29 Å². The Morgan fingerprint density at radius 2 is 1.68 bits per heavy atom. The molecule has 1 nitrogen and oxygen atoms in total. The monoisotopic (exact) mass is 262 g/mol. The molecule has 0 radical (unpaired) electrons. The van der Waals surface area contributed by atoms with Gasteiger partial charge in [-0.15, -0.1) is 11.3 Å². The van der Waals surface area contributed by atoms with Crippen LogP contribution in [0.1, 0.15) is 16.0 Å². The van der Waals surface area contributed by atoms with Crippen LogP contribution in [0, 0.1) is 0 Å². The number of carbonyl (C=O) groups excluding carboxylic acids is 1. The molecule has 0 fully saturated rings. The first-order valence-electron chi connectivity index (χ1n) is 6.16. The highest BCUT2D eigenvalue weighted by Crippen LogP contribution is 2.45. The fourth-order valence-electron chi connectivity index (χ4n) is 2.86. The molecule has 90 valence electrons. The first-order valence-corrected chi connectivity index (χ1v) is 7.04. The third-order valence-corrected chi connectivity index (χ3v) is 4.51. The third-order valence-electron chi connectivity index (χ3n) is 3.62. The van der Waals surface area contributed by atoms with Gasteiger partial charge in [0.1, 0.15) is 0 Å². The van der Waals surface area contributed by atoms with Crippen LogP contribution in [0.25, 0.3) is 21.9 Å². The zero-order chi connectivity index (χ0) is 12.8. The van der Waals surface area contributed by atoms with Crippen LogP contribution in [0.3, 0.4) is 0 Å². The topological polar surface area (TPSA) is 17.1 Å². The molecular formula is C17H10OS. The molecule has 0 bridgehead atoms. The molecule has 2 heteroatoms. The lowest BCUT2D eigenvalue weighted by Crippen LogP contribution is -1.85. The molecule has 0 unspecified atom stereocenters. The largest absolute Gasteiger partial charge is 0.298 e. The lowest BCUT2D eigenvalue weighted by atomic mass is 10.0. The van der Waals surface area contributed by atoms with Gasteiger partial charge < -0.3 is 0 Å². The van der Waals surface area contributed by atoms with Gasteiger partial charge in [-0.05, 0) is 33.3 Å². The van der Waals surface area contributed by atoms with Gasteiger partial charge in [-0.1, -0.05) is 42.5 Å². The fraction of sp³-hybridized carbons (Fsp3) is 0. The number of hydrogen-bond donors (Lipinski definition) is 0. The number of hydrogen-bond acceptors (Lipinski definition) is 2. The molecule has 19 heavy (non-hydrogen) atoms. The van der Waals surface area contributed by atoms with Crippen molar-refractivity contribution in [3.8, 4) is 0 Å². The minimum atomic E-state index is 0.814. The summed E-state index contributed by atoms with van der Waals surface area (Å²) in [5.74, 6) is 0. The number of benzene rings is 2. The maximum atomic E-state index is 11.6. The van der Waals surface area contributed by atoms with Gasteiger partial charge >= 0.3 is 0 Å². The Balaban J connectivity index is 2.17. The Kier molecular flexibility index (Phi) is 2.20. The van der Waals surface area contributed by atoms with E-state index in [1.165, 1.54) is 16.3 Å². The van der Waals surface area contributed by atoms with Gasteiger partial charge in [-0.25, -0.2) is 0 Å². The molecule has 0 saturated carbocycles. The zero-order valence-corrected chi connectivity index (χ0v) is 10.9. The minimum absolute atomic E-state index is 0.814. The molecular weight excluding hydrogens is 252 g/mol. The molecule has 0 saturated heterocycles. The molecule has 2 aromatic carbocycles. The quantitative estimate of drug-likeness (QED) is 0.627. The van der Waals surface area contributed by atoms with Crippen LogP contribution in [0.4, 0.5) is 0 Å². The maximum absolute atomic E-state index is 11.6. The summed E-state index contributed by atoms with van der Waals surface area (Å²) in [6.45, 7) is 0. The second-order valence-electron chi connectivity index (χ2n) is 4.59. The summed E-state index contributed by atoms with van der Waals surface area (Å²) in [6, 6.07) is 16.5. The predicted molar refractivity (Wildman–Crippen MR) is 80.2 cm³/mol. The van der Waals surface area contributed by atoms with E-state index in [0.29, 0.717) is 0 Å². The van der Waals surface area contributed by atoms with Crippen molar-refractivity contribution in [1.82, 2.24) is 0 Å². The van der Waals surface area contributed by atoms with Gasteiger partial charge in [0, 0.05) is 16.0 Å². The second-order valence-corrected chi connectivity index (χ2v) is 5.54. The summed E-state index contributed by atoms with van der Waals surface area (Å²) in [4.78, 5) is 12.7. The van der Waals surface area contributed by atoms with E-state index in [9.17, 15) is 4.79 Å². The molecule has 3 aromatic rings. The van der Waals surface area contributed by atoms with E-state index >= 15 is 0 Å². The SMILES string of the molecule is O=CC1=C(c2cccs2)c2cccc3cccc1c23. The van der Waals surface area contributed by atoms with E-state index in [1.807, 2.05) is 23.6 Å². The normalized spacial score (nSPS) is 13.3. The van der Waals surface area contributed by atoms with Crippen LogP contribution < -0.4 is 0 Å². The van der Waals surface area contributed by atoms with Crippen molar-refractivity contribution >= 4 is 39.5 Å². The molecule has 1 aliphatic rings. The predicted octanol–water partition coefficient (Wildman–Crippen LogP) is 4.37. The highest BCUT2D eigenvalue weighted by Gasteiger charge is 2.24. The smallest absolute Gasteiger partial charge is 0.151 e. The van der Waals surface area contributed by atoms with Crippen LogP contribution in [0.15, 0.2) is 53.9 Å². The molecule has 0 N–H and O–H groups in total. The van der Waals surface area contributed by atoms with Crippen LogP contribution in [0.2, 0.25) is 0 Å². The Labute approximate surface area is 114 Å². The number of allylic oxidation sites excluding steroid dienone is 1. The van der Waals surface area contributed by atoms with Crippen molar-refractivity contribution < 1.29 is 4.79 Å². The maximum Gasteiger partial charge on any atom is 0.151 e. The Bertz CT molecular complexity index is 820. The molecule has 1 aromatic heterocycles. The van der Waals surface area contributed by atoms with Crippen molar-refractivity contribution in [1.29, 1.82) is 0 Å². The standard InChI is InChI=1S/C17H10OS/c18-10-14-12-6-1-4-11-5-2-7-13(16(11)12)17(14)15-8-3-9-19-15/h1-10H. The van der Waals surface area contributed by atoms with Gasteiger partial charge in [0.25, 0.3) is 0 Å². The lowest BCUT2D eigenvalue weighted by Gasteiger charge is -2.03. The molecule has 0 spiro atoms. The average molecular weight is 262 g/mol. The van der Waals surface area contributed by atoms with Crippen molar-refractivity contribution in [2.75, 3.05) is 0 Å². The van der Waals surface area contributed by atoms with E-state index in [2.05, 4.69) is 30.3 Å². The summed E-state index contributed by atoms with van der Waals surface area (Å²) in [7, 11) is 0. The van der Waals surface area contributed by atoms with E-state index in [1.54, 1.807) is 11.3 Å². The average Bonchev–Trinajstić information content (AvgIpc) is 3.06. The summed E-state index contributed by atoms with van der Waals surface area (Å²) in [5.41, 5.74) is 4.13. The zero-order valence-electron chi connectivity index (χ0n) is 10.1. The van der Waals surface area contributed by atoms with Gasteiger partial charge in [-0.3, -0.25) is 4.79 Å². The molecule has 0 atom stereocenters. The van der Waals surface area contributed by atoms with Crippen LogP contribution in [-0.2, 0) is 4.79 Å². The number of thiophene rings is 1. The number of rotatable bonds is 2.